The van der Waals surface area contributed by atoms with Crippen LogP contribution in [-0.2, 0) is 9.59 Å². The molecule has 1 atom stereocenters. The number of nitrogens with one attached hydrogen (secondary N) is 2. The van der Waals surface area contributed by atoms with Crippen molar-refractivity contribution in [3.63, 3.8) is 0 Å². The van der Waals surface area contributed by atoms with Gasteiger partial charge < -0.3 is 15.5 Å². The van der Waals surface area contributed by atoms with E-state index in [1.807, 2.05) is 6.92 Å². The maximum Gasteiger partial charge on any atom is 0.239 e. The van der Waals surface area contributed by atoms with Crippen LogP contribution in [0.2, 0.25) is 0 Å². The van der Waals surface area contributed by atoms with Gasteiger partial charge in [-0.1, -0.05) is 0 Å². The van der Waals surface area contributed by atoms with Crippen molar-refractivity contribution >= 4 is 11.8 Å². The molecule has 0 aromatic rings. The zero-order chi connectivity index (χ0) is 10.8. The van der Waals surface area contributed by atoms with Crippen molar-refractivity contribution in [3.05, 3.63) is 0 Å². The van der Waals surface area contributed by atoms with Crippen LogP contribution in [-0.4, -0.2) is 48.4 Å². The molecule has 1 heterocycles. The van der Waals surface area contributed by atoms with E-state index in [-0.39, 0.29) is 24.4 Å². The number of carbonyl (C=O) groups is 2. The maximum absolute atomic E-state index is 11.6. The van der Waals surface area contributed by atoms with E-state index >= 15 is 0 Å². The molecule has 2 N–H and O–H groups in total. The molecule has 2 rings (SSSR count). The van der Waals surface area contributed by atoms with Crippen molar-refractivity contribution in [2.45, 2.75) is 31.8 Å². The summed E-state index contributed by atoms with van der Waals surface area (Å²) in [5.74, 6) is -0.00727. The van der Waals surface area contributed by atoms with Crippen LogP contribution >= 0.6 is 0 Å². The highest BCUT2D eigenvalue weighted by Gasteiger charge is 2.28. The summed E-state index contributed by atoms with van der Waals surface area (Å²) in [4.78, 5) is 24.8. The van der Waals surface area contributed by atoms with Crippen molar-refractivity contribution in [2.75, 3.05) is 19.6 Å². The summed E-state index contributed by atoms with van der Waals surface area (Å²) in [7, 11) is 0. The fraction of sp³-hybridized carbons (Fsp3) is 0.800. The maximum atomic E-state index is 11.6. The second kappa shape index (κ2) is 4.18. The van der Waals surface area contributed by atoms with Gasteiger partial charge in [-0.05, 0) is 19.8 Å². The Kier molecular flexibility index (Phi) is 2.90. The monoisotopic (exact) mass is 211 g/mol. The molecule has 5 heteroatoms. The number of hydrogen-bond acceptors (Lipinski definition) is 3. The van der Waals surface area contributed by atoms with Gasteiger partial charge in [-0.2, -0.15) is 0 Å². The molecule has 5 nitrogen and oxygen atoms in total. The summed E-state index contributed by atoms with van der Waals surface area (Å²) in [5.41, 5.74) is 0. The van der Waals surface area contributed by atoms with Crippen LogP contribution in [0.15, 0.2) is 0 Å². The summed E-state index contributed by atoms with van der Waals surface area (Å²) in [6, 6.07) is 0.209. The minimum Gasteiger partial charge on any atom is -0.352 e. The van der Waals surface area contributed by atoms with Crippen LogP contribution < -0.4 is 10.6 Å². The number of nitrogens with zero attached hydrogens (tertiary/aromatic N) is 1. The van der Waals surface area contributed by atoms with Gasteiger partial charge in [-0.15, -0.1) is 0 Å². The van der Waals surface area contributed by atoms with Gasteiger partial charge in [-0.25, -0.2) is 0 Å². The van der Waals surface area contributed by atoms with Gasteiger partial charge in [0.2, 0.25) is 11.8 Å². The van der Waals surface area contributed by atoms with Crippen LogP contribution in [0.5, 0.6) is 0 Å². The highest BCUT2D eigenvalue weighted by Crippen LogP contribution is 2.18. The van der Waals surface area contributed by atoms with Gasteiger partial charge in [0.1, 0.15) is 0 Å². The van der Waals surface area contributed by atoms with E-state index in [1.54, 1.807) is 4.90 Å². The molecule has 1 aliphatic carbocycles. The first-order valence-electron chi connectivity index (χ1n) is 5.48. The standard InChI is InChI=1S/C10H17N3O2/c1-7-10(15)13(5-4-11-7)6-9(14)12-8-2-3-8/h7-8,11H,2-6H2,1H3,(H,12,14). The zero-order valence-corrected chi connectivity index (χ0v) is 8.95. The first kappa shape index (κ1) is 10.4. The van der Waals surface area contributed by atoms with Gasteiger partial charge in [0, 0.05) is 19.1 Å². The van der Waals surface area contributed by atoms with E-state index in [1.165, 1.54) is 0 Å². The Balaban J connectivity index is 1.81. The molecular formula is C10H17N3O2. The number of piperazine rings is 1. The summed E-state index contributed by atoms with van der Waals surface area (Å²) in [6.07, 6.45) is 2.16. The average molecular weight is 211 g/mol. The minimum atomic E-state index is -0.160. The molecule has 84 valence electrons. The second-order valence-electron chi connectivity index (χ2n) is 4.28. The van der Waals surface area contributed by atoms with Crippen molar-refractivity contribution in [3.8, 4) is 0 Å². The number of hydrogen-bond donors (Lipinski definition) is 2. The molecule has 1 saturated heterocycles. The van der Waals surface area contributed by atoms with E-state index in [2.05, 4.69) is 10.6 Å². The Hall–Kier alpha value is -1.10. The minimum absolute atomic E-state index is 0.0206. The quantitative estimate of drug-likeness (QED) is 0.635. The lowest BCUT2D eigenvalue weighted by Gasteiger charge is -2.30. The molecule has 15 heavy (non-hydrogen) atoms. The number of amides is 2. The van der Waals surface area contributed by atoms with Crippen LogP contribution in [0.1, 0.15) is 19.8 Å². The molecule has 0 radical (unpaired) electrons. The fourth-order valence-corrected chi connectivity index (χ4v) is 1.72. The number of rotatable bonds is 3. The Morgan fingerprint density at radius 2 is 2.33 bits per heavy atom. The lowest BCUT2D eigenvalue weighted by atomic mass is 10.2. The SMILES string of the molecule is CC1NCCN(CC(=O)NC2CC2)C1=O. The fourth-order valence-electron chi connectivity index (χ4n) is 1.72. The third kappa shape index (κ3) is 2.68. The molecule has 2 aliphatic rings. The molecule has 1 unspecified atom stereocenters. The van der Waals surface area contributed by atoms with Crippen molar-refractivity contribution in [1.29, 1.82) is 0 Å². The van der Waals surface area contributed by atoms with E-state index in [0.29, 0.717) is 12.6 Å². The van der Waals surface area contributed by atoms with Gasteiger partial charge in [-0.3, -0.25) is 9.59 Å². The van der Waals surface area contributed by atoms with Crippen LogP contribution in [0.3, 0.4) is 0 Å². The van der Waals surface area contributed by atoms with E-state index in [4.69, 9.17) is 0 Å². The number of carbonyl (C=O) groups excluding carboxylic acids is 2. The highest BCUT2D eigenvalue weighted by molar-refractivity contribution is 5.88. The molecule has 0 spiro atoms. The normalized spacial score (nSPS) is 26.6. The van der Waals surface area contributed by atoms with Gasteiger partial charge in [0.15, 0.2) is 0 Å². The van der Waals surface area contributed by atoms with Gasteiger partial charge in [0.05, 0.1) is 12.6 Å². The van der Waals surface area contributed by atoms with E-state index < -0.39 is 0 Å². The van der Waals surface area contributed by atoms with Crippen molar-refractivity contribution in [2.24, 2.45) is 0 Å². The van der Waals surface area contributed by atoms with Crippen LogP contribution in [0.4, 0.5) is 0 Å². The Bertz CT molecular complexity index is 276. The van der Waals surface area contributed by atoms with E-state index in [0.717, 1.165) is 19.4 Å². The summed E-state index contributed by atoms with van der Waals surface area (Å²) in [6.45, 7) is 3.43. The molecule has 2 amide bonds. The molecule has 0 aromatic heterocycles. The molecule has 1 saturated carbocycles. The van der Waals surface area contributed by atoms with Crippen LogP contribution in [0, 0.1) is 0 Å². The van der Waals surface area contributed by atoms with Gasteiger partial charge in [0.25, 0.3) is 0 Å². The molecule has 0 bridgehead atoms. The zero-order valence-electron chi connectivity index (χ0n) is 8.95. The Morgan fingerprint density at radius 1 is 1.60 bits per heavy atom. The summed E-state index contributed by atoms with van der Waals surface area (Å²) < 4.78 is 0. The predicted octanol–water partition coefficient (Wildman–Crippen LogP) is -0.915. The van der Waals surface area contributed by atoms with Crippen molar-refractivity contribution < 1.29 is 9.59 Å². The van der Waals surface area contributed by atoms with E-state index in [9.17, 15) is 9.59 Å². The molecule has 2 fully saturated rings. The first-order valence-corrected chi connectivity index (χ1v) is 5.48. The largest absolute Gasteiger partial charge is 0.352 e. The highest BCUT2D eigenvalue weighted by atomic mass is 16.2. The Morgan fingerprint density at radius 3 is 3.00 bits per heavy atom. The smallest absolute Gasteiger partial charge is 0.239 e. The topological polar surface area (TPSA) is 61.4 Å². The first-order chi connectivity index (χ1) is 7.16. The third-order valence-electron chi connectivity index (χ3n) is 2.79. The van der Waals surface area contributed by atoms with Gasteiger partial charge >= 0.3 is 0 Å². The lowest BCUT2D eigenvalue weighted by Crippen LogP contribution is -2.55. The van der Waals surface area contributed by atoms with Crippen molar-refractivity contribution in [1.82, 2.24) is 15.5 Å². The molecular weight excluding hydrogens is 194 g/mol. The molecule has 1 aliphatic heterocycles. The molecule has 0 aromatic carbocycles. The summed E-state index contributed by atoms with van der Waals surface area (Å²) >= 11 is 0. The third-order valence-corrected chi connectivity index (χ3v) is 2.79. The predicted molar refractivity (Wildman–Crippen MR) is 55.2 cm³/mol. The summed E-state index contributed by atoms with van der Waals surface area (Å²) in [5, 5.41) is 5.95. The Labute approximate surface area is 89.2 Å². The van der Waals surface area contributed by atoms with Crippen LogP contribution in [0.25, 0.3) is 0 Å². The lowest BCUT2D eigenvalue weighted by molar-refractivity contribution is -0.139. The second-order valence-corrected chi connectivity index (χ2v) is 4.28. The average Bonchev–Trinajstić information content (AvgIpc) is 2.97.